The third kappa shape index (κ3) is 5.28. The smallest absolute Gasteiger partial charge is 0.319 e. The van der Waals surface area contributed by atoms with E-state index in [1.165, 1.54) is 6.92 Å². The van der Waals surface area contributed by atoms with Crippen LogP contribution in [0.3, 0.4) is 0 Å². The van der Waals surface area contributed by atoms with Gasteiger partial charge in [0, 0.05) is 16.3 Å². The number of hydrogen-bond donors (Lipinski definition) is 2. The van der Waals surface area contributed by atoms with E-state index in [9.17, 15) is 9.59 Å². The molecule has 2 amide bonds. The summed E-state index contributed by atoms with van der Waals surface area (Å²) in [7, 11) is 0. The minimum atomic E-state index is -0.355. The number of halogens is 1. The lowest BCUT2D eigenvalue weighted by molar-refractivity contribution is 0.101. The largest absolute Gasteiger partial charge is 0.492 e. The van der Waals surface area contributed by atoms with Gasteiger partial charge in [0.15, 0.2) is 5.78 Å². The van der Waals surface area contributed by atoms with Gasteiger partial charge in [0.25, 0.3) is 0 Å². The average Bonchev–Trinajstić information content (AvgIpc) is 2.55. The maximum absolute atomic E-state index is 11.8. The summed E-state index contributed by atoms with van der Waals surface area (Å²) in [5.74, 6) is 0.652. The van der Waals surface area contributed by atoms with Gasteiger partial charge < -0.3 is 15.4 Å². The van der Waals surface area contributed by atoms with E-state index in [4.69, 9.17) is 16.3 Å². The number of Topliss-reactive ketones (excluding diaryl/α,β-unsaturated/α-hetero) is 1. The first-order valence-electron chi connectivity index (χ1n) is 7.50. The predicted molar refractivity (Wildman–Crippen MR) is 95.2 cm³/mol. The first-order valence-corrected chi connectivity index (χ1v) is 7.88. The standard InChI is InChI=1S/C18H19ClN2O3/c1-12-10-16(6-7-17(12)19)24-9-8-20-18(23)21-15-5-3-4-14(11-15)13(2)22/h3-7,10-11H,8-9H2,1-2H3,(H2,20,21,23). The van der Waals surface area contributed by atoms with Gasteiger partial charge in [-0.2, -0.15) is 0 Å². The normalized spacial score (nSPS) is 10.1. The summed E-state index contributed by atoms with van der Waals surface area (Å²) in [4.78, 5) is 23.1. The fourth-order valence-corrected chi connectivity index (χ4v) is 2.15. The van der Waals surface area contributed by atoms with E-state index < -0.39 is 0 Å². The molecular formula is C18H19ClN2O3. The van der Waals surface area contributed by atoms with Crippen molar-refractivity contribution in [3.8, 4) is 5.75 Å². The molecule has 0 atom stereocenters. The molecule has 0 bridgehead atoms. The van der Waals surface area contributed by atoms with Gasteiger partial charge >= 0.3 is 6.03 Å². The summed E-state index contributed by atoms with van der Waals surface area (Å²) in [6.07, 6.45) is 0. The number of nitrogens with one attached hydrogen (secondary N) is 2. The minimum absolute atomic E-state index is 0.0503. The molecule has 0 aliphatic rings. The number of aryl methyl sites for hydroxylation is 1. The number of ketones is 1. The van der Waals surface area contributed by atoms with Crippen LogP contribution in [0.25, 0.3) is 0 Å². The van der Waals surface area contributed by atoms with Crippen molar-refractivity contribution in [2.45, 2.75) is 13.8 Å². The van der Waals surface area contributed by atoms with Crippen LogP contribution in [0.5, 0.6) is 5.75 Å². The molecule has 0 aromatic heterocycles. The number of amides is 2. The molecule has 0 saturated heterocycles. The number of carbonyl (C=O) groups is 2. The molecule has 2 aromatic rings. The zero-order chi connectivity index (χ0) is 17.5. The fourth-order valence-electron chi connectivity index (χ4n) is 2.03. The van der Waals surface area contributed by atoms with Gasteiger partial charge in [-0.3, -0.25) is 4.79 Å². The third-order valence-electron chi connectivity index (χ3n) is 3.31. The molecule has 0 spiro atoms. The van der Waals surface area contributed by atoms with Gasteiger partial charge in [0.05, 0.1) is 6.54 Å². The first kappa shape index (κ1) is 17.8. The molecule has 2 rings (SSSR count). The van der Waals surface area contributed by atoms with Gasteiger partial charge in [-0.05, 0) is 49.7 Å². The molecule has 2 N–H and O–H groups in total. The monoisotopic (exact) mass is 346 g/mol. The Balaban J connectivity index is 1.76. The summed E-state index contributed by atoms with van der Waals surface area (Å²) < 4.78 is 5.55. The van der Waals surface area contributed by atoms with Crippen LogP contribution in [0.2, 0.25) is 5.02 Å². The third-order valence-corrected chi connectivity index (χ3v) is 3.74. The van der Waals surface area contributed by atoms with Crippen molar-refractivity contribution in [1.82, 2.24) is 5.32 Å². The van der Waals surface area contributed by atoms with Crippen LogP contribution in [-0.2, 0) is 0 Å². The zero-order valence-corrected chi connectivity index (χ0v) is 14.3. The molecule has 6 heteroatoms. The van der Waals surface area contributed by atoms with Crippen LogP contribution in [0.4, 0.5) is 10.5 Å². The summed E-state index contributed by atoms with van der Waals surface area (Å²) in [6.45, 7) is 4.06. The van der Waals surface area contributed by atoms with Crippen LogP contribution in [0.15, 0.2) is 42.5 Å². The molecule has 0 aliphatic carbocycles. The Kier molecular flexibility index (Phi) is 6.21. The Morgan fingerprint density at radius 3 is 2.67 bits per heavy atom. The van der Waals surface area contributed by atoms with E-state index in [0.717, 1.165) is 5.56 Å². The number of benzene rings is 2. The maximum Gasteiger partial charge on any atom is 0.319 e. The second kappa shape index (κ2) is 8.36. The van der Waals surface area contributed by atoms with Gasteiger partial charge in [0.2, 0.25) is 0 Å². The molecule has 0 unspecified atom stereocenters. The second-order valence-electron chi connectivity index (χ2n) is 5.28. The minimum Gasteiger partial charge on any atom is -0.492 e. The van der Waals surface area contributed by atoms with E-state index in [-0.39, 0.29) is 11.8 Å². The number of urea groups is 1. The Bertz CT molecular complexity index is 747. The van der Waals surface area contributed by atoms with Crippen molar-refractivity contribution in [2.75, 3.05) is 18.5 Å². The Morgan fingerprint density at radius 1 is 1.17 bits per heavy atom. The van der Waals surface area contributed by atoms with E-state index >= 15 is 0 Å². The average molecular weight is 347 g/mol. The molecule has 0 heterocycles. The van der Waals surface area contributed by atoms with Crippen LogP contribution < -0.4 is 15.4 Å². The highest BCUT2D eigenvalue weighted by Gasteiger charge is 2.04. The highest BCUT2D eigenvalue weighted by Crippen LogP contribution is 2.20. The second-order valence-corrected chi connectivity index (χ2v) is 5.68. The van der Waals surface area contributed by atoms with Crippen LogP contribution in [0, 0.1) is 6.92 Å². The Morgan fingerprint density at radius 2 is 1.96 bits per heavy atom. The Hall–Kier alpha value is -2.53. The molecule has 0 radical (unpaired) electrons. The van der Waals surface area contributed by atoms with Crippen molar-refractivity contribution in [2.24, 2.45) is 0 Å². The van der Waals surface area contributed by atoms with E-state index in [2.05, 4.69) is 10.6 Å². The number of carbonyl (C=O) groups excluding carboxylic acids is 2. The fraction of sp³-hybridized carbons (Fsp3) is 0.222. The van der Waals surface area contributed by atoms with Crippen molar-refractivity contribution in [3.05, 3.63) is 58.6 Å². The molecule has 5 nitrogen and oxygen atoms in total. The summed E-state index contributed by atoms with van der Waals surface area (Å²) in [5, 5.41) is 6.05. The van der Waals surface area contributed by atoms with Gasteiger partial charge in [-0.25, -0.2) is 4.79 Å². The van der Waals surface area contributed by atoms with Crippen molar-refractivity contribution < 1.29 is 14.3 Å². The van der Waals surface area contributed by atoms with E-state index in [1.54, 1.807) is 36.4 Å². The molecular weight excluding hydrogens is 328 g/mol. The zero-order valence-electron chi connectivity index (χ0n) is 13.6. The lowest BCUT2D eigenvalue weighted by atomic mass is 10.1. The van der Waals surface area contributed by atoms with Crippen molar-refractivity contribution >= 4 is 29.1 Å². The Labute approximate surface area is 146 Å². The van der Waals surface area contributed by atoms with Gasteiger partial charge in [-0.15, -0.1) is 0 Å². The highest BCUT2D eigenvalue weighted by molar-refractivity contribution is 6.31. The number of hydrogen-bond acceptors (Lipinski definition) is 3. The lowest BCUT2D eigenvalue weighted by Gasteiger charge is -2.10. The molecule has 0 aliphatic heterocycles. The topological polar surface area (TPSA) is 67.4 Å². The predicted octanol–water partition coefficient (Wildman–Crippen LogP) is 4.05. The molecule has 126 valence electrons. The van der Waals surface area contributed by atoms with Crippen molar-refractivity contribution in [3.63, 3.8) is 0 Å². The summed E-state index contributed by atoms with van der Waals surface area (Å²) in [6, 6.07) is 11.8. The lowest BCUT2D eigenvalue weighted by Crippen LogP contribution is -2.32. The van der Waals surface area contributed by atoms with Crippen LogP contribution in [0.1, 0.15) is 22.8 Å². The number of ether oxygens (including phenoxy) is 1. The molecule has 0 saturated carbocycles. The first-order chi connectivity index (χ1) is 11.5. The van der Waals surface area contributed by atoms with Crippen LogP contribution >= 0.6 is 11.6 Å². The molecule has 2 aromatic carbocycles. The van der Waals surface area contributed by atoms with Crippen molar-refractivity contribution in [1.29, 1.82) is 0 Å². The van der Waals surface area contributed by atoms with Gasteiger partial charge in [-0.1, -0.05) is 23.7 Å². The molecule has 0 fully saturated rings. The van der Waals surface area contributed by atoms with Crippen LogP contribution in [-0.4, -0.2) is 25.0 Å². The number of anilines is 1. The maximum atomic E-state index is 11.8. The summed E-state index contributed by atoms with van der Waals surface area (Å²) >= 11 is 5.95. The van der Waals surface area contributed by atoms with E-state index in [1.807, 2.05) is 13.0 Å². The SMILES string of the molecule is CC(=O)c1cccc(NC(=O)NCCOc2ccc(Cl)c(C)c2)c1. The quantitative estimate of drug-likeness (QED) is 0.612. The highest BCUT2D eigenvalue weighted by atomic mass is 35.5. The van der Waals surface area contributed by atoms with Gasteiger partial charge in [0.1, 0.15) is 12.4 Å². The molecule has 24 heavy (non-hydrogen) atoms. The number of rotatable bonds is 6. The summed E-state index contributed by atoms with van der Waals surface area (Å²) in [5.41, 5.74) is 2.05. The van der Waals surface area contributed by atoms with E-state index in [0.29, 0.717) is 35.2 Å².